The predicted molar refractivity (Wildman–Crippen MR) is 55.5 cm³/mol. The zero-order valence-corrected chi connectivity index (χ0v) is 8.95. The molecule has 0 saturated heterocycles. The Hall–Kier alpha value is -1.06. The van der Waals surface area contributed by atoms with Gasteiger partial charge in [-0.1, -0.05) is 24.9 Å². The maximum absolute atomic E-state index is 10.1. The van der Waals surface area contributed by atoms with E-state index in [9.17, 15) is 4.79 Å². The lowest BCUT2D eigenvalue weighted by Crippen LogP contribution is -2.01. The van der Waals surface area contributed by atoms with E-state index < -0.39 is 5.97 Å². The maximum Gasteiger partial charge on any atom is 0.306 e. The molecule has 0 saturated carbocycles. The summed E-state index contributed by atoms with van der Waals surface area (Å²) in [6.45, 7) is 4.20. The second kappa shape index (κ2) is 8.53. The van der Waals surface area contributed by atoms with Crippen LogP contribution < -0.4 is 0 Å². The fourth-order valence-electron chi connectivity index (χ4n) is 0.965. The van der Waals surface area contributed by atoms with Crippen LogP contribution in [0.1, 0.15) is 46.0 Å². The third-order valence-corrected chi connectivity index (χ3v) is 1.77. The minimum Gasteiger partial charge on any atom is -0.481 e. The van der Waals surface area contributed by atoms with Crippen molar-refractivity contribution in [2.75, 3.05) is 6.61 Å². The summed E-state index contributed by atoms with van der Waals surface area (Å²) < 4.78 is 0. The van der Waals surface area contributed by atoms with Gasteiger partial charge >= 0.3 is 5.97 Å². The lowest BCUT2D eigenvalue weighted by Gasteiger charge is -2.00. The maximum atomic E-state index is 10.1. The van der Waals surface area contributed by atoms with E-state index >= 15 is 0 Å². The largest absolute Gasteiger partial charge is 0.481 e. The van der Waals surface area contributed by atoms with Crippen molar-refractivity contribution in [3.05, 3.63) is 0 Å². The minimum atomic E-state index is -0.858. The molecular weight excluding hydrogens is 182 g/mol. The Bertz CT molecular complexity index is 190. The van der Waals surface area contributed by atoms with Crippen molar-refractivity contribution in [3.8, 4) is 0 Å². The van der Waals surface area contributed by atoms with Crippen molar-refractivity contribution in [1.82, 2.24) is 0 Å². The Labute approximate surface area is 84.9 Å². The van der Waals surface area contributed by atoms with Crippen molar-refractivity contribution in [2.24, 2.45) is 5.16 Å². The molecule has 0 fully saturated rings. The van der Waals surface area contributed by atoms with Gasteiger partial charge in [0.1, 0.15) is 6.61 Å². The zero-order valence-electron chi connectivity index (χ0n) is 8.95. The van der Waals surface area contributed by atoms with Crippen molar-refractivity contribution < 1.29 is 14.7 Å². The SMILES string of the molecule is CCCCCC(C)=NOCCC(=O)O. The fourth-order valence-corrected chi connectivity index (χ4v) is 0.965. The van der Waals surface area contributed by atoms with Crippen LogP contribution in [0.25, 0.3) is 0 Å². The van der Waals surface area contributed by atoms with Crippen molar-refractivity contribution in [3.63, 3.8) is 0 Å². The average Bonchev–Trinajstić information content (AvgIpc) is 2.13. The van der Waals surface area contributed by atoms with E-state index in [-0.39, 0.29) is 13.0 Å². The molecule has 4 nitrogen and oxygen atoms in total. The highest BCUT2D eigenvalue weighted by atomic mass is 16.6. The van der Waals surface area contributed by atoms with Crippen molar-refractivity contribution >= 4 is 11.7 Å². The second-order valence-electron chi connectivity index (χ2n) is 3.26. The van der Waals surface area contributed by atoms with Gasteiger partial charge in [0.05, 0.1) is 12.1 Å². The predicted octanol–water partition coefficient (Wildman–Crippen LogP) is 2.43. The number of carbonyl (C=O) groups is 1. The van der Waals surface area contributed by atoms with Crippen LogP contribution in [-0.2, 0) is 9.63 Å². The molecule has 4 heteroatoms. The van der Waals surface area contributed by atoms with Crippen LogP contribution >= 0.6 is 0 Å². The lowest BCUT2D eigenvalue weighted by atomic mass is 10.1. The van der Waals surface area contributed by atoms with E-state index in [4.69, 9.17) is 9.94 Å². The summed E-state index contributed by atoms with van der Waals surface area (Å²) in [5.74, 6) is -0.858. The molecule has 0 rings (SSSR count). The molecular formula is C10H19NO3. The molecule has 0 aromatic rings. The number of carboxylic acid groups (broad SMARTS) is 1. The first kappa shape index (κ1) is 12.9. The molecule has 0 atom stereocenters. The number of rotatable bonds is 8. The van der Waals surface area contributed by atoms with Crippen LogP contribution in [-0.4, -0.2) is 23.4 Å². The summed E-state index contributed by atoms with van der Waals surface area (Å²) in [6.07, 6.45) is 4.44. The van der Waals surface area contributed by atoms with Gasteiger partial charge in [0, 0.05) is 0 Å². The molecule has 0 aliphatic rings. The van der Waals surface area contributed by atoms with Gasteiger partial charge in [0.15, 0.2) is 0 Å². The molecule has 0 aliphatic carbocycles. The van der Waals surface area contributed by atoms with Crippen LogP contribution in [0.4, 0.5) is 0 Å². The standard InChI is InChI=1S/C10H19NO3/c1-3-4-5-6-9(2)11-14-8-7-10(12)13/h3-8H2,1-2H3,(H,12,13). The first-order valence-electron chi connectivity index (χ1n) is 5.04. The topological polar surface area (TPSA) is 58.9 Å². The molecule has 0 spiro atoms. The van der Waals surface area contributed by atoms with Gasteiger partial charge in [-0.05, 0) is 19.8 Å². The number of nitrogens with zero attached hydrogens (tertiary/aromatic N) is 1. The highest BCUT2D eigenvalue weighted by Crippen LogP contribution is 2.00. The average molecular weight is 201 g/mol. The van der Waals surface area contributed by atoms with Gasteiger partial charge in [-0.2, -0.15) is 0 Å². The van der Waals surface area contributed by atoms with E-state index in [1.807, 2.05) is 6.92 Å². The molecule has 0 aromatic heterocycles. The van der Waals surface area contributed by atoms with Crippen LogP contribution in [0.2, 0.25) is 0 Å². The van der Waals surface area contributed by atoms with Gasteiger partial charge in [0.2, 0.25) is 0 Å². The molecule has 0 radical (unpaired) electrons. The van der Waals surface area contributed by atoms with Gasteiger partial charge < -0.3 is 9.94 Å². The zero-order chi connectivity index (χ0) is 10.8. The number of hydrogen-bond acceptors (Lipinski definition) is 3. The lowest BCUT2D eigenvalue weighted by molar-refractivity contribution is -0.138. The molecule has 1 N–H and O–H groups in total. The summed E-state index contributed by atoms with van der Waals surface area (Å²) >= 11 is 0. The Kier molecular flexibility index (Phi) is 7.89. The van der Waals surface area contributed by atoms with Gasteiger partial charge in [-0.3, -0.25) is 4.79 Å². The minimum absolute atomic E-state index is 0.00569. The van der Waals surface area contributed by atoms with E-state index in [1.165, 1.54) is 12.8 Å². The highest BCUT2D eigenvalue weighted by molar-refractivity contribution is 5.81. The smallest absolute Gasteiger partial charge is 0.306 e. The van der Waals surface area contributed by atoms with Crippen molar-refractivity contribution in [1.29, 1.82) is 0 Å². The quantitative estimate of drug-likeness (QED) is 0.373. The van der Waals surface area contributed by atoms with E-state index in [1.54, 1.807) is 0 Å². The molecule has 0 unspecified atom stereocenters. The third-order valence-electron chi connectivity index (χ3n) is 1.77. The number of aliphatic carboxylic acids is 1. The summed E-state index contributed by atoms with van der Waals surface area (Å²) in [5.41, 5.74) is 0.934. The van der Waals surface area contributed by atoms with Gasteiger partial charge in [-0.15, -0.1) is 0 Å². The van der Waals surface area contributed by atoms with Crippen LogP contribution in [0.3, 0.4) is 0 Å². The molecule has 14 heavy (non-hydrogen) atoms. The van der Waals surface area contributed by atoms with E-state index in [0.29, 0.717) is 0 Å². The van der Waals surface area contributed by atoms with E-state index in [2.05, 4.69) is 12.1 Å². The molecule has 0 aliphatic heterocycles. The summed E-state index contributed by atoms with van der Waals surface area (Å²) in [7, 11) is 0. The van der Waals surface area contributed by atoms with E-state index in [0.717, 1.165) is 18.6 Å². The number of hydrogen-bond donors (Lipinski definition) is 1. The van der Waals surface area contributed by atoms with Crippen LogP contribution in [0.5, 0.6) is 0 Å². The molecule has 82 valence electrons. The number of carboxylic acids is 1. The Morgan fingerprint density at radius 1 is 1.36 bits per heavy atom. The normalized spacial score (nSPS) is 11.4. The molecule has 0 heterocycles. The Morgan fingerprint density at radius 3 is 2.64 bits per heavy atom. The molecule has 0 amide bonds. The van der Waals surface area contributed by atoms with Crippen molar-refractivity contribution in [2.45, 2.75) is 46.0 Å². The summed E-state index contributed by atoms with van der Waals surface area (Å²) in [6, 6.07) is 0. The van der Waals surface area contributed by atoms with Gasteiger partial charge in [-0.25, -0.2) is 0 Å². The fraction of sp³-hybridized carbons (Fsp3) is 0.800. The number of oxime groups is 1. The Balaban J connectivity index is 3.41. The number of unbranched alkanes of at least 4 members (excludes halogenated alkanes) is 2. The first-order valence-corrected chi connectivity index (χ1v) is 5.04. The molecule has 0 bridgehead atoms. The van der Waals surface area contributed by atoms with Crippen LogP contribution in [0, 0.1) is 0 Å². The molecule has 0 aromatic carbocycles. The summed E-state index contributed by atoms with van der Waals surface area (Å²) in [5, 5.41) is 12.1. The Morgan fingerprint density at radius 2 is 2.07 bits per heavy atom. The monoisotopic (exact) mass is 201 g/mol. The van der Waals surface area contributed by atoms with Gasteiger partial charge in [0.25, 0.3) is 0 Å². The second-order valence-corrected chi connectivity index (χ2v) is 3.26. The summed E-state index contributed by atoms with van der Waals surface area (Å²) in [4.78, 5) is 15.0. The van der Waals surface area contributed by atoms with Crippen LogP contribution in [0.15, 0.2) is 5.16 Å². The third kappa shape index (κ3) is 9.03. The highest BCUT2D eigenvalue weighted by Gasteiger charge is 1.96. The first-order chi connectivity index (χ1) is 6.66.